The van der Waals surface area contributed by atoms with Crippen molar-refractivity contribution in [2.45, 2.75) is 16.9 Å². The monoisotopic (exact) mass is 748 g/mol. The van der Waals surface area contributed by atoms with Crippen LogP contribution in [-0.4, -0.2) is 46.1 Å². The molecule has 0 aliphatic carbocycles. The highest BCUT2D eigenvalue weighted by Gasteiger charge is 2.66. The number of nitrogens with one attached hydrogen (secondary N) is 1. The van der Waals surface area contributed by atoms with E-state index in [2.05, 4.69) is 5.32 Å². The molecule has 2 aliphatic heterocycles. The molecule has 0 saturated heterocycles. The molecule has 10 heteroatoms. The van der Waals surface area contributed by atoms with Crippen molar-refractivity contribution in [1.29, 1.82) is 0 Å². The van der Waals surface area contributed by atoms with Crippen molar-refractivity contribution in [3.05, 3.63) is 191 Å². The third-order valence-corrected chi connectivity index (χ3v) is 10.4. The molecular formula is C46H38F2N4O4. The van der Waals surface area contributed by atoms with Crippen molar-refractivity contribution in [2.75, 3.05) is 28.4 Å². The van der Waals surface area contributed by atoms with Crippen molar-refractivity contribution in [3.63, 3.8) is 0 Å². The highest BCUT2D eigenvalue weighted by Crippen LogP contribution is 2.56. The van der Waals surface area contributed by atoms with Crippen LogP contribution in [0, 0.1) is 11.6 Å². The minimum atomic E-state index is -1.97. The Hall–Kier alpha value is -6.65. The first-order chi connectivity index (χ1) is 27.3. The SMILES string of the molecule is COc1cccc(C2=NC(c3ccccc3F)(C3(c4ccccc4F)N=C(c4cccc(OC)c4)C(c4cccc(OC)c4)(c4cccc(OC)c4)N3)N=C2)c1. The van der Waals surface area contributed by atoms with Gasteiger partial charge in [-0.1, -0.05) is 84.9 Å². The van der Waals surface area contributed by atoms with Crippen LogP contribution in [0.3, 0.4) is 0 Å². The van der Waals surface area contributed by atoms with E-state index in [9.17, 15) is 0 Å². The Bertz CT molecular complexity index is 2490. The fourth-order valence-corrected chi connectivity index (χ4v) is 7.74. The lowest BCUT2D eigenvalue weighted by atomic mass is 9.75. The topological polar surface area (TPSA) is 86.0 Å². The first-order valence-electron chi connectivity index (χ1n) is 17.9. The quantitative estimate of drug-likeness (QED) is 0.144. The zero-order chi connectivity index (χ0) is 38.9. The van der Waals surface area contributed by atoms with Crippen LogP contribution < -0.4 is 24.3 Å². The van der Waals surface area contributed by atoms with Crippen LogP contribution in [0.2, 0.25) is 0 Å². The maximum Gasteiger partial charge on any atom is 0.221 e. The Morgan fingerprint density at radius 2 is 0.982 bits per heavy atom. The zero-order valence-corrected chi connectivity index (χ0v) is 31.2. The van der Waals surface area contributed by atoms with Crippen LogP contribution in [0.4, 0.5) is 8.78 Å². The average Bonchev–Trinajstić information content (AvgIpc) is 3.88. The molecule has 0 spiro atoms. The van der Waals surface area contributed by atoms with Gasteiger partial charge in [-0.3, -0.25) is 15.3 Å². The van der Waals surface area contributed by atoms with Crippen molar-refractivity contribution < 1.29 is 27.7 Å². The largest absolute Gasteiger partial charge is 0.497 e. The van der Waals surface area contributed by atoms with Crippen LogP contribution in [0.15, 0.2) is 161 Å². The molecule has 6 aromatic rings. The van der Waals surface area contributed by atoms with Crippen molar-refractivity contribution in [2.24, 2.45) is 15.0 Å². The molecule has 1 N–H and O–H groups in total. The molecule has 8 nitrogen and oxygen atoms in total. The second-order valence-electron chi connectivity index (χ2n) is 13.4. The number of aliphatic imine (C=N–C) groups is 3. The van der Waals surface area contributed by atoms with Gasteiger partial charge in [0.25, 0.3) is 0 Å². The smallest absolute Gasteiger partial charge is 0.221 e. The number of nitrogens with zero attached hydrogens (tertiary/aromatic N) is 3. The summed E-state index contributed by atoms with van der Waals surface area (Å²) in [6.07, 6.45) is 1.59. The van der Waals surface area contributed by atoms with Crippen molar-refractivity contribution in [1.82, 2.24) is 5.32 Å². The third-order valence-electron chi connectivity index (χ3n) is 10.4. The van der Waals surface area contributed by atoms with E-state index in [1.54, 1.807) is 71.1 Å². The van der Waals surface area contributed by atoms with Crippen LogP contribution in [0.5, 0.6) is 23.0 Å². The predicted octanol–water partition coefficient (Wildman–Crippen LogP) is 8.62. The van der Waals surface area contributed by atoms with Gasteiger partial charge in [-0.2, -0.15) is 0 Å². The molecule has 0 saturated carbocycles. The number of ether oxygens (including phenoxy) is 4. The minimum absolute atomic E-state index is 0.0747. The molecular weight excluding hydrogens is 711 g/mol. The van der Waals surface area contributed by atoms with E-state index in [-0.39, 0.29) is 11.1 Å². The summed E-state index contributed by atoms with van der Waals surface area (Å²) >= 11 is 0. The molecule has 2 unspecified atom stereocenters. The molecule has 0 aromatic heterocycles. The molecule has 2 atom stereocenters. The maximum atomic E-state index is 17.0. The Morgan fingerprint density at radius 3 is 1.54 bits per heavy atom. The lowest BCUT2D eigenvalue weighted by Gasteiger charge is -2.44. The molecule has 0 fully saturated rings. The molecule has 6 aromatic carbocycles. The first kappa shape index (κ1) is 36.3. The van der Waals surface area contributed by atoms with Gasteiger partial charge in [0.05, 0.1) is 46.1 Å². The first-order valence-corrected chi connectivity index (χ1v) is 17.9. The van der Waals surface area contributed by atoms with Crippen LogP contribution >= 0.6 is 0 Å². The predicted molar refractivity (Wildman–Crippen MR) is 214 cm³/mol. The molecule has 56 heavy (non-hydrogen) atoms. The maximum absolute atomic E-state index is 17.0. The lowest BCUT2D eigenvalue weighted by Crippen LogP contribution is -2.60. The molecule has 2 aliphatic rings. The Balaban J connectivity index is 1.56. The summed E-state index contributed by atoms with van der Waals surface area (Å²) < 4.78 is 56.6. The number of rotatable bonds is 11. The van der Waals surface area contributed by atoms with E-state index in [1.165, 1.54) is 12.1 Å². The fourth-order valence-electron chi connectivity index (χ4n) is 7.74. The van der Waals surface area contributed by atoms with E-state index in [4.69, 9.17) is 33.9 Å². The van der Waals surface area contributed by atoms with Gasteiger partial charge >= 0.3 is 0 Å². The second-order valence-corrected chi connectivity index (χ2v) is 13.4. The minimum Gasteiger partial charge on any atom is -0.497 e. The highest BCUT2D eigenvalue weighted by molar-refractivity contribution is 6.39. The number of halogens is 2. The zero-order valence-electron chi connectivity index (χ0n) is 31.2. The van der Waals surface area contributed by atoms with Crippen LogP contribution in [0.1, 0.15) is 33.4 Å². The number of methoxy groups -OCH3 is 4. The molecule has 0 radical (unpaired) electrons. The number of hydrogen-bond acceptors (Lipinski definition) is 8. The Labute approximate surface area is 323 Å². The van der Waals surface area contributed by atoms with Crippen LogP contribution in [-0.2, 0) is 16.9 Å². The van der Waals surface area contributed by atoms with Gasteiger partial charge in [0.1, 0.15) is 40.2 Å². The Morgan fingerprint density at radius 1 is 0.500 bits per heavy atom. The summed E-state index contributed by atoms with van der Waals surface area (Å²) in [6, 6.07) is 42.5. The van der Waals surface area contributed by atoms with E-state index in [0.29, 0.717) is 56.7 Å². The van der Waals surface area contributed by atoms with E-state index >= 15 is 8.78 Å². The molecule has 8 rings (SSSR count). The summed E-state index contributed by atoms with van der Waals surface area (Å²) in [5.41, 5.74) is -1.64. The summed E-state index contributed by atoms with van der Waals surface area (Å²) in [5, 5.41) is 3.89. The van der Waals surface area contributed by atoms with Gasteiger partial charge in [-0.25, -0.2) is 13.8 Å². The summed E-state index contributed by atoms with van der Waals surface area (Å²) in [4.78, 5) is 16.1. The van der Waals surface area contributed by atoms with Gasteiger partial charge < -0.3 is 18.9 Å². The second kappa shape index (κ2) is 14.5. The Kier molecular flexibility index (Phi) is 9.43. The fraction of sp³-hybridized carbons (Fsp3) is 0.152. The standard InChI is InChI=1S/C46H38F2N4O4/c1-53-34-17-9-13-30(25-34)42-29-49-45(50-42,38-21-5-7-23-40(38)47)46(39-22-6-8-24-41(39)48)51-43(31-14-10-18-35(26-31)54-2)44(52-46,32-15-11-19-36(27-32)55-3)33-16-12-20-37(28-33)56-4/h5-29,52H,1-4H3. The summed E-state index contributed by atoms with van der Waals surface area (Å²) in [6.45, 7) is 0. The van der Waals surface area contributed by atoms with Crippen molar-refractivity contribution in [3.8, 4) is 23.0 Å². The van der Waals surface area contributed by atoms with E-state index < -0.39 is 28.5 Å². The van der Waals surface area contributed by atoms with Gasteiger partial charge in [0, 0.05) is 22.3 Å². The summed E-state index contributed by atoms with van der Waals surface area (Å²) in [7, 11) is 6.35. The molecule has 0 amide bonds. The number of hydrogen-bond donors (Lipinski definition) is 1. The van der Waals surface area contributed by atoms with Gasteiger partial charge in [-0.15, -0.1) is 0 Å². The number of benzene rings is 6. The van der Waals surface area contributed by atoms with Gasteiger partial charge in [0.2, 0.25) is 5.66 Å². The summed E-state index contributed by atoms with van der Waals surface area (Å²) in [5.74, 6) is 1.10. The highest BCUT2D eigenvalue weighted by atomic mass is 19.1. The lowest BCUT2D eigenvalue weighted by molar-refractivity contribution is 0.170. The molecule has 2 heterocycles. The van der Waals surface area contributed by atoms with E-state index in [0.717, 1.165) is 0 Å². The molecule has 0 bridgehead atoms. The molecule has 280 valence electrons. The van der Waals surface area contributed by atoms with Crippen molar-refractivity contribution >= 4 is 17.6 Å². The van der Waals surface area contributed by atoms with Gasteiger partial charge in [-0.05, 0) is 71.8 Å². The van der Waals surface area contributed by atoms with E-state index in [1.807, 2.05) is 97.1 Å². The third kappa shape index (κ3) is 5.81. The van der Waals surface area contributed by atoms with Crippen LogP contribution in [0.25, 0.3) is 0 Å². The van der Waals surface area contributed by atoms with Gasteiger partial charge in [0.15, 0.2) is 5.66 Å². The normalized spacial score (nSPS) is 19.6. The average molecular weight is 749 g/mol.